The summed E-state index contributed by atoms with van der Waals surface area (Å²) in [5.41, 5.74) is 3.13. The number of anilines is 1. The van der Waals surface area contributed by atoms with E-state index in [1.165, 1.54) is 30.3 Å². The molecule has 0 unspecified atom stereocenters. The number of hydrogen-bond acceptors (Lipinski definition) is 4. The van der Waals surface area contributed by atoms with Crippen molar-refractivity contribution in [3.63, 3.8) is 0 Å². The van der Waals surface area contributed by atoms with Crippen LogP contribution < -0.4 is 9.64 Å². The number of aliphatic hydroxyl groups is 1. The number of benzene rings is 3. The Morgan fingerprint density at radius 1 is 1.00 bits per heavy atom. The van der Waals surface area contributed by atoms with Crippen LogP contribution in [0, 0.1) is 11.3 Å². The molecule has 0 amide bonds. The fourth-order valence-corrected chi connectivity index (χ4v) is 4.34. The fourth-order valence-electron chi connectivity index (χ4n) is 4.34. The number of aliphatic hydroxyl groups excluding tert-OH is 1. The lowest BCUT2D eigenvalue weighted by Crippen LogP contribution is -2.29. The maximum atomic E-state index is 9.90. The number of hydrogen-bond donors (Lipinski definition) is 1. The minimum Gasteiger partial charge on any atom is -0.486 e. The van der Waals surface area contributed by atoms with Gasteiger partial charge in [0.15, 0.2) is 0 Å². The molecule has 1 N–H and O–H groups in total. The normalized spacial score (nSPS) is 14.5. The zero-order valence-corrected chi connectivity index (χ0v) is 18.4. The Kier molecular flexibility index (Phi) is 6.15. The Hall–Kier alpha value is -3.03. The predicted octanol–water partition coefficient (Wildman–Crippen LogP) is 5.91. The van der Waals surface area contributed by atoms with E-state index >= 15 is 0 Å². The summed E-state index contributed by atoms with van der Waals surface area (Å²) in [5, 5.41) is 21.6. The molecule has 3 aromatic carbocycles. The second-order valence-electron chi connectivity index (χ2n) is 8.92. The highest BCUT2D eigenvalue weighted by molar-refractivity contribution is 5.91. The fraction of sp³-hybridized carbons (Fsp3) is 0.370. The zero-order chi connectivity index (χ0) is 21.8. The number of ether oxygens (including phenoxy) is 1. The van der Waals surface area contributed by atoms with Crippen molar-refractivity contribution in [1.82, 2.24) is 0 Å². The third-order valence-electron chi connectivity index (χ3n) is 6.09. The highest BCUT2D eigenvalue weighted by Gasteiger charge is 2.22. The largest absolute Gasteiger partial charge is 0.486 e. The molecule has 0 aliphatic carbocycles. The molecule has 0 aromatic heterocycles. The van der Waals surface area contributed by atoms with Crippen molar-refractivity contribution in [3.05, 3.63) is 60.2 Å². The molecule has 4 heteroatoms. The Labute approximate surface area is 184 Å². The molecule has 160 valence electrons. The van der Waals surface area contributed by atoms with Gasteiger partial charge in [-0.1, -0.05) is 30.3 Å². The topological polar surface area (TPSA) is 56.5 Å². The molecule has 0 spiro atoms. The van der Waals surface area contributed by atoms with Crippen LogP contribution in [0.3, 0.4) is 0 Å². The zero-order valence-electron chi connectivity index (χ0n) is 18.4. The van der Waals surface area contributed by atoms with E-state index in [9.17, 15) is 10.4 Å². The summed E-state index contributed by atoms with van der Waals surface area (Å²) < 4.78 is 6.11. The van der Waals surface area contributed by atoms with E-state index in [0.29, 0.717) is 17.7 Å². The van der Waals surface area contributed by atoms with Gasteiger partial charge in [0, 0.05) is 37.4 Å². The molecule has 1 aliphatic rings. The molecule has 0 saturated carbocycles. The van der Waals surface area contributed by atoms with Crippen molar-refractivity contribution in [1.29, 1.82) is 5.26 Å². The molecule has 1 saturated heterocycles. The maximum Gasteiger partial charge on any atom is 0.138 e. The summed E-state index contributed by atoms with van der Waals surface area (Å²) in [6, 6.07) is 21.1. The van der Waals surface area contributed by atoms with Gasteiger partial charge in [-0.15, -0.1) is 0 Å². The standard InChI is InChI=1S/C27H30N2O2/c1-27(2,13-16-30)31-26-8-6-7-24(25(26)19-28)22-10-9-21-18-23(12-11-20(21)17-22)29-14-4-3-5-15-29/h6-12,17-18,30H,3-5,13-16H2,1-2H3. The van der Waals surface area contributed by atoms with Crippen molar-refractivity contribution in [2.75, 3.05) is 24.6 Å². The van der Waals surface area contributed by atoms with E-state index in [-0.39, 0.29) is 6.61 Å². The molecule has 1 fully saturated rings. The summed E-state index contributed by atoms with van der Waals surface area (Å²) in [6.07, 6.45) is 4.36. The summed E-state index contributed by atoms with van der Waals surface area (Å²) in [6.45, 7) is 6.15. The third-order valence-corrected chi connectivity index (χ3v) is 6.09. The average molecular weight is 415 g/mol. The van der Waals surface area contributed by atoms with Crippen LogP contribution in [0.25, 0.3) is 21.9 Å². The van der Waals surface area contributed by atoms with E-state index in [0.717, 1.165) is 29.6 Å². The van der Waals surface area contributed by atoms with Gasteiger partial charge in [0.25, 0.3) is 0 Å². The van der Waals surface area contributed by atoms with E-state index in [1.54, 1.807) is 0 Å². The average Bonchev–Trinajstić information content (AvgIpc) is 2.78. The Bertz CT molecular complexity index is 1110. The second kappa shape index (κ2) is 8.99. The van der Waals surface area contributed by atoms with Crippen LogP contribution in [0.4, 0.5) is 5.69 Å². The van der Waals surface area contributed by atoms with E-state index in [4.69, 9.17) is 4.74 Å². The molecule has 4 rings (SSSR count). The van der Waals surface area contributed by atoms with E-state index in [1.807, 2.05) is 32.0 Å². The number of piperidine rings is 1. The van der Waals surface area contributed by atoms with Crippen LogP contribution in [-0.4, -0.2) is 30.4 Å². The predicted molar refractivity (Wildman–Crippen MR) is 127 cm³/mol. The third kappa shape index (κ3) is 4.68. The molecule has 1 aliphatic heterocycles. The lowest BCUT2D eigenvalue weighted by molar-refractivity contribution is 0.0762. The Morgan fingerprint density at radius 3 is 2.48 bits per heavy atom. The first-order valence-corrected chi connectivity index (χ1v) is 11.1. The van der Waals surface area contributed by atoms with Gasteiger partial charge in [0.05, 0.1) is 0 Å². The highest BCUT2D eigenvalue weighted by atomic mass is 16.5. The molecular formula is C27H30N2O2. The molecule has 4 nitrogen and oxygen atoms in total. The molecule has 0 bridgehead atoms. The molecule has 0 radical (unpaired) electrons. The highest BCUT2D eigenvalue weighted by Crippen LogP contribution is 2.35. The molecule has 3 aromatic rings. The van der Waals surface area contributed by atoms with Crippen LogP contribution in [-0.2, 0) is 0 Å². The van der Waals surface area contributed by atoms with Crippen LogP contribution in [0.15, 0.2) is 54.6 Å². The van der Waals surface area contributed by atoms with Gasteiger partial charge in [-0.3, -0.25) is 0 Å². The lowest BCUT2D eigenvalue weighted by atomic mass is 9.96. The number of fused-ring (bicyclic) bond motifs is 1. The SMILES string of the molecule is CC(C)(CCO)Oc1cccc(-c2ccc3cc(N4CCCCC4)ccc3c2)c1C#N. The van der Waals surface area contributed by atoms with Crippen molar-refractivity contribution < 1.29 is 9.84 Å². The van der Waals surface area contributed by atoms with Gasteiger partial charge in [0.2, 0.25) is 0 Å². The molecule has 31 heavy (non-hydrogen) atoms. The van der Waals surface area contributed by atoms with Crippen LogP contribution >= 0.6 is 0 Å². The first-order chi connectivity index (χ1) is 15.0. The van der Waals surface area contributed by atoms with Crippen molar-refractivity contribution in [2.45, 2.75) is 45.1 Å². The summed E-state index contributed by atoms with van der Waals surface area (Å²) >= 11 is 0. The van der Waals surface area contributed by atoms with Gasteiger partial charge in [-0.25, -0.2) is 0 Å². The Morgan fingerprint density at radius 2 is 1.74 bits per heavy atom. The molecule has 0 atom stereocenters. The lowest BCUT2D eigenvalue weighted by Gasteiger charge is -2.29. The molecule has 1 heterocycles. The molecular weight excluding hydrogens is 384 g/mol. The van der Waals surface area contributed by atoms with Crippen LogP contribution in [0.5, 0.6) is 5.75 Å². The number of nitrogens with zero attached hydrogens (tertiary/aromatic N) is 2. The minimum atomic E-state index is -0.548. The minimum absolute atomic E-state index is 0.0403. The van der Waals surface area contributed by atoms with Gasteiger partial charge in [-0.05, 0) is 73.7 Å². The van der Waals surface area contributed by atoms with Crippen molar-refractivity contribution in [3.8, 4) is 22.9 Å². The first kappa shape index (κ1) is 21.2. The van der Waals surface area contributed by atoms with Crippen LogP contribution in [0.1, 0.15) is 45.1 Å². The van der Waals surface area contributed by atoms with Crippen molar-refractivity contribution >= 4 is 16.5 Å². The first-order valence-electron chi connectivity index (χ1n) is 11.1. The summed E-state index contributed by atoms with van der Waals surface area (Å²) in [4.78, 5) is 2.47. The summed E-state index contributed by atoms with van der Waals surface area (Å²) in [5.74, 6) is 0.555. The van der Waals surface area contributed by atoms with Gasteiger partial charge >= 0.3 is 0 Å². The number of nitriles is 1. The Balaban J connectivity index is 1.68. The summed E-state index contributed by atoms with van der Waals surface area (Å²) in [7, 11) is 0. The number of rotatable bonds is 6. The van der Waals surface area contributed by atoms with Crippen LogP contribution in [0.2, 0.25) is 0 Å². The van der Waals surface area contributed by atoms with Gasteiger partial charge < -0.3 is 14.7 Å². The quantitative estimate of drug-likeness (QED) is 0.545. The van der Waals surface area contributed by atoms with Crippen molar-refractivity contribution in [2.24, 2.45) is 0 Å². The monoisotopic (exact) mass is 414 g/mol. The maximum absolute atomic E-state index is 9.90. The smallest absolute Gasteiger partial charge is 0.138 e. The van der Waals surface area contributed by atoms with Gasteiger partial charge in [-0.2, -0.15) is 5.26 Å². The van der Waals surface area contributed by atoms with E-state index in [2.05, 4.69) is 47.4 Å². The van der Waals surface area contributed by atoms with E-state index < -0.39 is 5.60 Å². The second-order valence-corrected chi connectivity index (χ2v) is 8.92. The van der Waals surface area contributed by atoms with Gasteiger partial charge in [0.1, 0.15) is 23.0 Å².